The molecule has 1 fully saturated rings. The van der Waals surface area contributed by atoms with Gasteiger partial charge in [0, 0.05) is 17.6 Å². The van der Waals surface area contributed by atoms with Crippen LogP contribution in [-0.4, -0.2) is 13.1 Å². The van der Waals surface area contributed by atoms with E-state index in [1.54, 1.807) is 0 Å². The average molecular weight is 214 g/mol. The number of rotatable bonds is 1. The van der Waals surface area contributed by atoms with Crippen LogP contribution in [0.3, 0.4) is 0 Å². The second kappa shape index (κ2) is 3.88. The van der Waals surface area contributed by atoms with Crippen molar-refractivity contribution in [2.45, 2.75) is 6.92 Å². The molecule has 0 unspecified atom stereocenters. The molecular weight excluding hydrogens is 202 g/mol. The Labute approximate surface area is 76.0 Å². The molecule has 1 saturated heterocycles. The first-order valence-electron chi connectivity index (χ1n) is 3.67. The molecule has 1 N–H and O–H groups in total. The summed E-state index contributed by atoms with van der Waals surface area (Å²) in [5.74, 6) is 0. The van der Waals surface area contributed by atoms with Gasteiger partial charge in [-0.3, -0.25) is 0 Å². The monoisotopic (exact) mass is 213 g/mol. The van der Waals surface area contributed by atoms with Crippen molar-refractivity contribution in [3.63, 3.8) is 0 Å². The molecule has 0 atom stereocenters. The predicted octanol–water partition coefficient (Wildman–Crippen LogP) is 2.37. The van der Waals surface area contributed by atoms with Crippen LogP contribution < -0.4 is 5.32 Å². The normalized spacial score (nSPS) is 25.8. The zero-order valence-corrected chi connectivity index (χ0v) is 8.24. The lowest BCUT2D eigenvalue weighted by Gasteiger charge is -1.99. The third-order valence-electron chi connectivity index (χ3n) is 1.82. The summed E-state index contributed by atoms with van der Waals surface area (Å²) in [6, 6.07) is 0. The van der Waals surface area contributed by atoms with E-state index in [1.165, 1.54) is 11.1 Å². The maximum absolute atomic E-state index is 3.71. The molecule has 1 aliphatic heterocycles. The summed E-state index contributed by atoms with van der Waals surface area (Å²) in [5, 5.41) is 3.28. The molecule has 0 aromatic carbocycles. The predicted molar refractivity (Wildman–Crippen MR) is 52.8 cm³/mol. The molecule has 60 valence electrons. The molecular formula is C9H12BrN. The van der Waals surface area contributed by atoms with Crippen molar-refractivity contribution < 1.29 is 0 Å². The minimum atomic E-state index is 0.951. The van der Waals surface area contributed by atoms with Gasteiger partial charge in [0.2, 0.25) is 0 Å². The van der Waals surface area contributed by atoms with Gasteiger partial charge in [-0.15, -0.1) is 0 Å². The van der Waals surface area contributed by atoms with Crippen molar-refractivity contribution in [3.8, 4) is 0 Å². The van der Waals surface area contributed by atoms with E-state index >= 15 is 0 Å². The minimum Gasteiger partial charge on any atom is -0.309 e. The molecule has 2 heteroatoms. The Bertz CT molecular complexity index is 226. The van der Waals surface area contributed by atoms with Gasteiger partial charge in [0.1, 0.15) is 0 Å². The lowest BCUT2D eigenvalue weighted by atomic mass is 10.1. The third kappa shape index (κ3) is 1.82. The second-order valence-electron chi connectivity index (χ2n) is 2.45. The molecule has 1 nitrogen and oxygen atoms in total. The first-order chi connectivity index (χ1) is 5.29. The summed E-state index contributed by atoms with van der Waals surface area (Å²) in [4.78, 5) is 0. The van der Waals surface area contributed by atoms with Gasteiger partial charge >= 0.3 is 0 Å². The van der Waals surface area contributed by atoms with E-state index in [-0.39, 0.29) is 0 Å². The molecule has 1 aliphatic rings. The van der Waals surface area contributed by atoms with Crippen molar-refractivity contribution in [1.29, 1.82) is 0 Å². The number of hydrogen-bond acceptors (Lipinski definition) is 1. The Kier molecular flexibility index (Phi) is 3.09. The maximum atomic E-state index is 3.71. The number of hydrogen-bond donors (Lipinski definition) is 1. The summed E-state index contributed by atoms with van der Waals surface area (Å²) in [6.45, 7) is 7.71. The highest BCUT2D eigenvalue weighted by Gasteiger charge is 2.13. The largest absolute Gasteiger partial charge is 0.309 e. The van der Waals surface area contributed by atoms with Crippen LogP contribution in [0.25, 0.3) is 0 Å². The van der Waals surface area contributed by atoms with Gasteiger partial charge in [0.25, 0.3) is 0 Å². The quantitative estimate of drug-likeness (QED) is 0.706. The van der Waals surface area contributed by atoms with Crippen molar-refractivity contribution in [2.75, 3.05) is 13.1 Å². The molecule has 1 rings (SSSR count). The zero-order valence-electron chi connectivity index (χ0n) is 6.65. The van der Waals surface area contributed by atoms with E-state index in [2.05, 4.69) is 40.8 Å². The topological polar surface area (TPSA) is 12.0 Å². The molecule has 11 heavy (non-hydrogen) atoms. The van der Waals surface area contributed by atoms with Crippen LogP contribution in [0.15, 0.2) is 34.4 Å². The summed E-state index contributed by atoms with van der Waals surface area (Å²) in [7, 11) is 0. The molecule has 0 aliphatic carbocycles. The van der Waals surface area contributed by atoms with Crippen molar-refractivity contribution in [1.82, 2.24) is 5.32 Å². The zero-order chi connectivity index (χ0) is 8.27. The molecule has 0 saturated carbocycles. The van der Waals surface area contributed by atoms with Gasteiger partial charge in [-0.25, -0.2) is 0 Å². The van der Waals surface area contributed by atoms with Gasteiger partial charge in [-0.1, -0.05) is 34.7 Å². The summed E-state index contributed by atoms with van der Waals surface area (Å²) in [5.41, 5.74) is 2.71. The van der Waals surface area contributed by atoms with Crippen LogP contribution in [0.4, 0.5) is 0 Å². The van der Waals surface area contributed by atoms with Gasteiger partial charge in [-0.2, -0.15) is 0 Å². The molecule has 0 radical (unpaired) electrons. The highest BCUT2D eigenvalue weighted by atomic mass is 79.9. The van der Waals surface area contributed by atoms with Crippen LogP contribution in [0, 0.1) is 0 Å². The van der Waals surface area contributed by atoms with Crippen molar-refractivity contribution in [3.05, 3.63) is 34.4 Å². The fourth-order valence-electron chi connectivity index (χ4n) is 1.18. The molecule has 0 aromatic rings. The Hall–Kier alpha value is -0.340. The standard InChI is InChI=1S/C9H12BrN/c1-3-7-5-11-6-8(7)9(10)4-2/h3-4,11H,2,5-6H2,1H3/b7-3-,9-8+. The van der Waals surface area contributed by atoms with E-state index in [0.29, 0.717) is 0 Å². The lowest BCUT2D eigenvalue weighted by molar-refractivity contribution is 0.894. The smallest absolute Gasteiger partial charge is 0.0223 e. The number of halogens is 1. The summed E-state index contributed by atoms with van der Waals surface area (Å²) < 4.78 is 1.11. The van der Waals surface area contributed by atoms with E-state index in [0.717, 1.165) is 17.6 Å². The summed E-state index contributed by atoms with van der Waals surface area (Å²) >= 11 is 3.47. The number of nitrogens with one attached hydrogen (secondary N) is 1. The lowest BCUT2D eigenvalue weighted by Crippen LogP contribution is -2.05. The van der Waals surface area contributed by atoms with E-state index in [4.69, 9.17) is 0 Å². The Morgan fingerprint density at radius 3 is 2.91 bits per heavy atom. The van der Waals surface area contributed by atoms with Gasteiger partial charge in [-0.05, 0) is 18.1 Å². The highest BCUT2D eigenvalue weighted by Crippen LogP contribution is 2.22. The molecule has 0 aromatic heterocycles. The SMILES string of the molecule is C=C/C(Br)=C1/CNC/C1=C/C. The van der Waals surface area contributed by atoms with E-state index in [1.807, 2.05) is 6.08 Å². The second-order valence-corrected chi connectivity index (χ2v) is 3.30. The first kappa shape index (κ1) is 8.75. The maximum Gasteiger partial charge on any atom is 0.0223 e. The first-order valence-corrected chi connectivity index (χ1v) is 4.46. The van der Waals surface area contributed by atoms with Gasteiger partial charge in [0.05, 0.1) is 0 Å². The third-order valence-corrected chi connectivity index (χ3v) is 2.62. The van der Waals surface area contributed by atoms with E-state index in [9.17, 15) is 0 Å². The van der Waals surface area contributed by atoms with Crippen LogP contribution in [0.1, 0.15) is 6.92 Å². The Morgan fingerprint density at radius 1 is 1.64 bits per heavy atom. The fraction of sp³-hybridized carbons (Fsp3) is 0.333. The van der Waals surface area contributed by atoms with Crippen LogP contribution in [-0.2, 0) is 0 Å². The highest BCUT2D eigenvalue weighted by molar-refractivity contribution is 9.11. The average Bonchev–Trinajstić information content (AvgIpc) is 2.50. The fourth-order valence-corrected chi connectivity index (χ4v) is 1.57. The number of allylic oxidation sites excluding steroid dienone is 3. The Balaban J connectivity index is 2.96. The van der Waals surface area contributed by atoms with Crippen LogP contribution in [0.5, 0.6) is 0 Å². The molecule has 0 bridgehead atoms. The van der Waals surface area contributed by atoms with E-state index < -0.39 is 0 Å². The van der Waals surface area contributed by atoms with Crippen molar-refractivity contribution >= 4 is 15.9 Å². The van der Waals surface area contributed by atoms with Crippen molar-refractivity contribution in [2.24, 2.45) is 0 Å². The molecule has 1 heterocycles. The Morgan fingerprint density at radius 2 is 2.36 bits per heavy atom. The summed E-state index contributed by atoms with van der Waals surface area (Å²) in [6.07, 6.45) is 3.98. The molecule has 0 amide bonds. The van der Waals surface area contributed by atoms with Gasteiger partial charge in [0.15, 0.2) is 0 Å². The van der Waals surface area contributed by atoms with Gasteiger partial charge < -0.3 is 5.32 Å². The van der Waals surface area contributed by atoms with Crippen LogP contribution in [0.2, 0.25) is 0 Å². The molecule has 0 spiro atoms. The van der Waals surface area contributed by atoms with Crippen LogP contribution >= 0.6 is 15.9 Å². The minimum absolute atomic E-state index is 0.951.